The normalized spacial score (nSPS) is 20.9. The standard InChI is InChI=1S/C31H36N2O8/c1-4-5-9-26(36)33(12-10-19-7-6-8-21(14-19)39-2)24-17-23(31(38)32-11-13-34)27-22-15-20(18-35)16-25(40-3)29(22)41-30(27)28(24)37/h5-9,14-18,24,27-28,30,34,37H,4,10-13H2,1-3H3,(H,32,38)/t24-,27+,28+,30+/m1/s1. The molecule has 3 N–H and O–H groups in total. The van der Waals surface area contributed by atoms with E-state index in [2.05, 4.69) is 5.32 Å². The van der Waals surface area contributed by atoms with Crippen LogP contribution < -0.4 is 19.5 Å². The summed E-state index contributed by atoms with van der Waals surface area (Å²) in [6.45, 7) is 1.91. The average Bonchev–Trinajstić information content (AvgIpc) is 3.39. The van der Waals surface area contributed by atoms with Crippen molar-refractivity contribution >= 4 is 18.1 Å². The van der Waals surface area contributed by atoms with E-state index in [1.165, 1.54) is 24.2 Å². The van der Waals surface area contributed by atoms with Crippen molar-refractivity contribution in [3.63, 3.8) is 0 Å². The minimum Gasteiger partial charge on any atom is -0.497 e. The first-order valence-corrected chi connectivity index (χ1v) is 13.6. The van der Waals surface area contributed by atoms with Gasteiger partial charge in [-0.2, -0.15) is 0 Å². The van der Waals surface area contributed by atoms with Crippen molar-refractivity contribution in [1.29, 1.82) is 0 Å². The zero-order chi connectivity index (χ0) is 29.5. The van der Waals surface area contributed by atoms with Crippen molar-refractivity contribution in [3.8, 4) is 17.2 Å². The lowest BCUT2D eigenvalue weighted by Crippen LogP contribution is -2.56. The Morgan fingerprint density at radius 1 is 1.17 bits per heavy atom. The molecule has 0 fully saturated rings. The number of rotatable bonds is 12. The topological polar surface area (TPSA) is 135 Å². The van der Waals surface area contributed by atoms with Crippen molar-refractivity contribution in [2.45, 2.75) is 43.9 Å². The first kappa shape index (κ1) is 29.8. The highest BCUT2D eigenvalue weighted by atomic mass is 16.5. The molecule has 0 aromatic heterocycles. The Kier molecular flexibility index (Phi) is 9.80. The molecule has 2 aliphatic rings. The van der Waals surface area contributed by atoms with Gasteiger partial charge in [0.1, 0.15) is 24.2 Å². The fourth-order valence-electron chi connectivity index (χ4n) is 5.36. The van der Waals surface area contributed by atoms with Gasteiger partial charge < -0.3 is 34.6 Å². The maximum absolute atomic E-state index is 13.5. The number of carbonyl (C=O) groups excluding carboxylic acids is 3. The van der Waals surface area contributed by atoms with Crippen LogP contribution in [0.4, 0.5) is 0 Å². The first-order valence-electron chi connectivity index (χ1n) is 13.6. The highest BCUT2D eigenvalue weighted by Crippen LogP contribution is 2.51. The number of nitrogens with zero attached hydrogens (tertiary/aromatic N) is 1. The van der Waals surface area contributed by atoms with E-state index < -0.39 is 30.1 Å². The monoisotopic (exact) mass is 564 g/mol. The zero-order valence-electron chi connectivity index (χ0n) is 23.4. The Labute approximate surface area is 239 Å². The van der Waals surface area contributed by atoms with Gasteiger partial charge in [0.2, 0.25) is 11.8 Å². The lowest BCUT2D eigenvalue weighted by atomic mass is 9.77. The number of amides is 2. The Morgan fingerprint density at radius 3 is 2.66 bits per heavy atom. The maximum Gasteiger partial charge on any atom is 0.247 e. The van der Waals surface area contributed by atoms with E-state index in [1.807, 2.05) is 31.2 Å². The van der Waals surface area contributed by atoms with Crippen molar-refractivity contribution in [3.05, 3.63) is 76.9 Å². The van der Waals surface area contributed by atoms with E-state index in [9.17, 15) is 24.6 Å². The number of aldehydes is 1. The number of carbonyl (C=O) groups is 3. The van der Waals surface area contributed by atoms with E-state index >= 15 is 0 Å². The summed E-state index contributed by atoms with van der Waals surface area (Å²) in [5.41, 5.74) is 2.06. The number of hydrogen-bond donors (Lipinski definition) is 3. The number of fused-ring (bicyclic) bond motifs is 3. The molecule has 10 nitrogen and oxygen atoms in total. The predicted molar refractivity (Wildman–Crippen MR) is 151 cm³/mol. The van der Waals surface area contributed by atoms with E-state index in [1.54, 1.807) is 25.3 Å². The SMILES string of the molecule is CCC=CC(=O)N(CCc1cccc(OC)c1)[C@@H]1C=C(C(=O)NCCO)[C@@H]2c3cc(C=O)cc(OC)c3O[C@@H]2[C@H]1O. The van der Waals surface area contributed by atoms with Gasteiger partial charge >= 0.3 is 0 Å². The summed E-state index contributed by atoms with van der Waals surface area (Å²) in [6, 6.07) is 9.75. The Morgan fingerprint density at radius 2 is 1.98 bits per heavy atom. The summed E-state index contributed by atoms with van der Waals surface area (Å²) in [4.78, 5) is 40.1. The fraction of sp³-hybridized carbons (Fsp3) is 0.387. The van der Waals surface area contributed by atoms with Crippen LogP contribution in [0.3, 0.4) is 0 Å². The summed E-state index contributed by atoms with van der Waals surface area (Å²) in [5.74, 6) is -0.203. The van der Waals surface area contributed by atoms with Gasteiger partial charge in [0.25, 0.3) is 0 Å². The van der Waals surface area contributed by atoms with Gasteiger partial charge in [-0.3, -0.25) is 14.4 Å². The first-order chi connectivity index (χ1) is 19.9. The average molecular weight is 565 g/mol. The molecule has 0 radical (unpaired) electrons. The van der Waals surface area contributed by atoms with Gasteiger partial charge in [-0.15, -0.1) is 0 Å². The van der Waals surface area contributed by atoms with Gasteiger partial charge in [-0.25, -0.2) is 0 Å². The molecular formula is C31H36N2O8. The third-order valence-corrected chi connectivity index (χ3v) is 7.33. The smallest absolute Gasteiger partial charge is 0.247 e. The van der Waals surface area contributed by atoms with Gasteiger partial charge in [-0.05, 0) is 54.8 Å². The molecule has 2 aromatic rings. The summed E-state index contributed by atoms with van der Waals surface area (Å²) in [6.07, 6.45) is 4.45. The number of ether oxygens (including phenoxy) is 3. The van der Waals surface area contributed by atoms with Crippen molar-refractivity contribution in [2.75, 3.05) is 33.9 Å². The second kappa shape index (κ2) is 13.5. The molecule has 2 aromatic carbocycles. The highest BCUT2D eigenvalue weighted by Gasteiger charge is 2.51. The van der Waals surface area contributed by atoms with Crippen LogP contribution in [-0.4, -0.2) is 85.4 Å². The summed E-state index contributed by atoms with van der Waals surface area (Å²) >= 11 is 0. The molecule has 218 valence electrons. The number of nitrogens with one attached hydrogen (secondary N) is 1. The number of aliphatic hydroxyl groups is 2. The molecule has 10 heteroatoms. The number of methoxy groups -OCH3 is 2. The summed E-state index contributed by atoms with van der Waals surface area (Å²) < 4.78 is 17.0. The molecule has 0 spiro atoms. The lowest BCUT2D eigenvalue weighted by Gasteiger charge is -2.40. The molecule has 0 bridgehead atoms. The maximum atomic E-state index is 13.5. The van der Waals surface area contributed by atoms with Gasteiger partial charge in [0.05, 0.1) is 32.8 Å². The van der Waals surface area contributed by atoms with Crippen LogP contribution >= 0.6 is 0 Å². The highest BCUT2D eigenvalue weighted by molar-refractivity contribution is 5.97. The number of aliphatic hydroxyl groups excluding tert-OH is 2. The molecule has 0 saturated carbocycles. The van der Waals surface area contributed by atoms with Crippen LogP contribution in [0.25, 0.3) is 0 Å². The Hall–Kier alpha value is -4.15. The molecule has 0 saturated heterocycles. The molecule has 1 aliphatic heterocycles. The van der Waals surface area contributed by atoms with Crippen LogP contribution in [0.5, 0.6) is 17.2 Å². The molecule has 1 heterocycles. The van der Waals surface area contributed by atoms with Crippen LogP contribution in [0.1, 0.15) is 40.7 Å². The summed E-state index contributed by atoms with van der Waals surface area (Å²) in [5, 5.41) is 23.7. The van der Waals surface area contributed by atoms with Gasteiger partial charge in [0.15, 0.2) is 11.5 Å². The molecule has 4 rings (SSSR count). The van der Waals surface area contributed by atoms with E-state index in [0.29, 0.717) is 47.5 Å². The third kappa shape index (κ3) is 6.28. The Balaban J connectivity index is 1.77. The van der Waals surface area contributed by atoms with Crippen LogP contribution in [0.2, 0.25) is 0 Å². The minimum atomic E-state index is -1.21. The second-order valence-electron chi connectivity index (χ2n) is 9.85. The van der Waals surface area contributed by atoms with Crippen molar-refractivity contribution in [2.24, 2.45) is 0 Å². The fourth-order valence-corrected chi connectivity index (χ4v) is 5.36. The van der Waals surface area contributed by atoms with Crippen LogP contribution in [0.15, 0.2) is 60.2 Å². The Bertz CT molecular complexity index is 1340. The molecule has 41 heavy (non-hydrogen) atoms. The van der Waals surface area contributed by atoms with Crippen molar-refractivity contribution in [1.82, 2.24) is 10.2 Å². The minimum absolute atomic E-state index is 0.0178. The third-order valence-electron chi connectivity index (χ3n) is 7.33. The van der Waals surface area contributed by atoms with Crippen LogP contribution in [-0.2, 0) is 16.0 Å². The quantitative estimate of drug-likeness (QED) is 0.264. The largest absolute Gasteiger partial charge is 0.497 e. The number of hydrogen-bond acceptors (Lipinski definition) is 8. The molecule has 1 aliphatic carbocycles. The van der Waals surface area contributed by atoms with Gasteiger partial charge in [-0.1, -0.05) is 25.1 Å². The van der Waals surface area contributed by atoms with E-state index in [-0.39, 0.29) is 31.2 Å². The zero-order valence-corrected chi connectivity index (χ0v) is 23.4. The molecule has 0 unspecified atom stereocenters. The molecule has 2 amide bonds. The van der Waals surface area contributed by atoms with E-state index in [0.717, 1.165) is 5.56 Å². The number of benzene rings is 2. The van der Waals surface area contributed by atoms with Crippen LogP contribution in [0, 0.1) is 0 Å². The van der Waals surface area contributed by atoms with Crippen molar-refractivity contribution < 1.29 is 38.8 Å². The van der Waals surface area contributed by atoms with Gasteiger partial charge in [0, 0.05) is 29.8 Å². The molecule has 4 atom stereocenters. The molecular weight excluding hydrogens is 528 g/mol. The number of allylic oxidation sites excluding steroid dienone is 1. The lowest BCUT2D eigenvalue weighted by molar-refractivity contribution is -0.132. The van der Waals surface area contributed by atoms with E-state index in [4.69, 9.17) is 14.2 Å². The summed E-state index contributed by atoms with van der Waals surface area (Å²) in [7, 11) is 3.03. The predicted octanol–water partition coefficient (Wildman–Crippen LogP) is 2.18. The second-order valence-corrected chi connectivity index (χ2v) is 9.85.